The van der Waals surface area contributed by atoms with Gasteiger partial charge >= 0.3 is 0 Å². The van der Waals surface area contributed by atoms with Crippen molar-refractivity contribution < 1.29 is 49.3 Å². The van der Waals surface area contributed by atoms with Crippen molar-refractivity contribution in [3.05, 3.63) is 240 Å². The molecule has 0 heteroatoms. The third-order valence-electron chi connectivity index (χ3n) is 9.88. The molecule has 0 atom stereocenters. The topological polar surface area (TPSA) is 0 Å². The van der Waals surface area contributed by atoms with E-state index in [-0.39, 0.29) is 0 Å². The van der Waals surface area contributed by atoms with E-state index in [0.29, 0.717) is 0 Å². The predicted molar refractivity (Wildman–Crippen MR) is 241 cm³/mol. The maximum atomic E-state index is 10.6. The Morgan fingerprint density at radius 2 is 0.825 bits per heavy atom. The van der Waals surface area contributed by atoms with Crippen LogP contribution in [0.5, 0.6) is 0 Å². The molecule has 0 saturated heterocycles. The SMILES string of the molecule is [2H]c1c([2H])c([2H])c(-c2c([2H])c(-c3c([2H])c([2H])c4c(c3[2H])-c3c([2H])c([2H])c([2H])c5c([2H])c([2H])c([2H])c(c35)C4(c3c([2H])c([2H])c([2H])c([2H])c3[2H])c3c([2H])c([2H])c([2H])c([2H])c3[2H])c([2H])c(-c3c([2H])c([2H])c4c([2H])c([2H])c5c([2H])c([2H])c([2H])c6c([2H])c([2H])c3c4c56)c2[2H])c([2H])c1[2H]. The molecule has 0 radical (unpaired) electrons. The van der Waals surface area contributed by atoms with Crippen molar-refractivity contribution in [2.45, 2.75) is 5.41 Å². The number of fused-ring (bicyclic) bond motifs is 2. The molecule has 1 aliphatic rings. The van der Waals surface area contributed by atoms with Crippen LogP contribution in [0.4, 0.5) is 0 Å². The lowest BCUT2D eigenvalue weighted by molar-refractivity contribution is 0.750. The van der Waals surface area contributed by atoms with Crippen molar-refractivity contribution in [3.63, 3.8) is 0 Å². The van der Waals surface area contributed by atoms with Gasteiger partial charge in [0.1, 0.15) is 0 Å². The van der Waals surface area contributed by atoms with Gasteiger partial charge in [-0.15, -0.1) is 0 Å². The van der Waals surface area contributed by atoms with Crippen LogP contribution in [0.2, 0.25) is 0 Å². The van der Waals surface area contributed by atoms with Crippen LogP contribution in [0, 0.1) is 0 Å². The lowest BCUT2D eigenvalue weighted by Crippen LogP contribution is -2.33. The zero-order valence-corrected chi connectivity index (χ0v) is 28.5. The van der Waals surface area contributed by atoms with Gasteiger partial charge in [0.25, 0.3) is 0 Å². The molecule has 0 heterocycles. The highest BCUT2D eigenvalue weighted by molar-refractivity contribution is 6.25. The fourth-order valence-electron chi connectivity index (χ4n) is 7.53. The molecule has 0 nitrogen and oxygen atoms in total. The fraction of sp³-hybridized carbons (Fsp3) is 0.0175. The van der Waals surface area contributed by atoms with Crippen molar-refractivity contribution in [3.8, 4) is 44.5 Å². The standard InChI is InChI=1S/C57H36/c1-4-13-37(14-5-1)43-33-44(35-45(34-43)48-30-27-41-26-25-39-15-10-16-40-28-31-50(48)56(41)54(39)40)42-29-32-52-51(36-42)49-23-11-17-38-18-12-24-53(55(38)49)57(52,46-19-6-2-7-20-46)47-21-8-3-9-22-47/h1-36H/i1D,2D,3D,4D,5D,6D,7D,8D,9D,10D,11D,12D,13D,14D,15D,16D,17D,18D,19D,20D,21D,22D,23D,24D,25D,26D,27D,28D,29D,30D,31D,32D,33D,34D,35D,36D. The minimum absolute atomic E-state index is 0.435. The van der Waals surface area contributed by atoms with E-state index in [1.54, 1.807) is 0 Å². The molecule has 0 spiro atoms. The maximum Gasteiger partial charge on any atom is 0.0713 e. The molecular formula is C57H36. The second-order valence-corrected chi connectivity index (χ2v) is 12.8. The summed E-state index contributed by atoms with van der Waals surface area (Å²) in [7, 11) is 0. The van der Waals surface area contributed by atoms with Crippen LogP contribution in [0.25, 0.3) is 87.6 Å². The van der Waals surface area contributed by atoms with Gasteiger partial charge in [0.2, 0.25) is 0 Å². The molecule has 0 amide bonds. The van der Waals surface area contributed by atoms with Gasteiger partial charge < -0.3 is 0 Å². The molecule has 11 aromatic carbocycles. The molecule has 0 bridgehead atoms. The number of benzene rings is 11. The van der Waals surface area contributed by atoms with Crippen LogP contribution in [-0.2, 0) is 5.41 Å². The first-order valence-electron chi connectivity index (χ1n) is 35.0. The number of hydrogen-bond donors (Lipinski definition) is 0. The molecule has 264 valence electrons. The van der Waals surface area contributed by atoms with Crippen molar-refractivity contribution in [2.24, 2.45) is 0 Å². The second kappa shape index (κ2) is 12.4. The van der Waals surface area contributed by atoms with Crippen molar-refractivity contribution in [1.82, 2.24) is 0 Å². The average molecular weight is 757 g/mol. The normalized spacial score (nSPS) is 21.9. The van der Waals surface area contributed by atoms with Crippen LogP contribution in [-0.4, -0.2) is 0 Å². The van der Waals surface area contributed by atoms with Gasteiger partial charge in [-0.3, -0.25) is 0 Å². The summed E-state index contributed by atoms with van der Waals surface area (Å²) in [6, 6.07) is -41.0. The Kier molecular flexibility index (Phi) is 2.74. The van der Waals surface area contributed by atoms with Gasteiger partial charge in [-0.2, -0.15) is 0 Å². The molecule has 0 unspecified atom stereocenters. The zero-order chi connectivity index (χ0) is 68.8. The van der Waals surface area contributed by atoms with E-state index in [9.17, 15) is 30.2 Å². The summed E-state index contributed by atoms with van der Waals surface area (Å²) in [6.07, 6.45) is 0. The van der Waals surface area contributed by atoms with Crippen LogP contribution in [0.15, 0.2) is 218 Å². The van der Waals surface area contributed by atoms with Crippen molar-refractivity contribution >= 4 is 43.1 Å². The van der Waals surface area contributed by atoms with Crippen LogP contribution < -0.4 is 0 Å². The maximum absolute atomic E-state index is 10.6. The van der Waals surface area contributed by atoms with E-state index < -0.39 is 333 Å². The molecule has 0 aliphatic heterocycles. The molecule has 0 aromatic heterocycles. The second-order valence-electron chi connectivity index (χ2n) is 12.8. The monoisotopic (exact) mass is 757 g/mol. The van der Waals surface area contributed by atoms with Crippen LogP contribution in [0.3, 0.4) is 0 Å². The van der Waals surface area contributed by atoms with Crippen LogP contribution >= 0.6 is 0 Å². The van der Waals surface area contributed by atoms with Crippen molar-refractivity contribution in [2.75, 3.05) is 0 Å². The molecule has 0 N–H and O–H groups in total. The molecule has 0 fully saturated rings. The summed E-state index contributed by atoms with van der Waals surface area (Å²) in [4.78, 5) is 0. The Morgan fingerprint density at radius 3 is 1.53 bits per heavy atom. The summed E-state index contributed by atoms with van der Waals surface area (Å²) in [6.45, 7) is 0. The number of hydrogen-bond acceptors (Lipinski definition) is 0. The van der Waals surface area contributed by atoms with Crippen molar-refractivity contribution in [1.29, 1.82) is 0 Å². The predicted octanol–water partition coefficient (Wildman–Crippen LogP) is 15.1. The van der Waals surface area contributed by atoms with E-state index in [1.165, 1.54) is 0 Å². The summed E-state index contributed by atoms with van der Waals surface area (Å²) < 4.78 is 337. The molecule has 11 aromatic rings. The zero-order valence-electron chi connectivity index (χ0n) is 64.5. The van der Waals surface area contributed by atoms with E-state index in [1.807, 2.05) is 0 Å². The highest BCUT2D eigenvalue weighted by Crippen LogP contribution is 2.56. The molecule has 57 heavy (non-hydrogen) atoms. The van der Waals surface area contributed by atoms with E-state index in [0.717, 1.165) is 0 Å². The highest BCUT2D eigenvalue weighted by Gasteiger charge is 2.44. The minimum atomic E-state index is -3.53. The van der Waals surface area contributed by atoms with E-state index in [2.05, 4.69) is 0 Å². The molecule has 12 rings (SSSR count). The molecule has 0 saturated carbocycles. The van der Waals surface area contributed by atoms with E-state index >= 15 is 0 Å². The summed E-state index contributed by atoms with van der Waals surface area (Å²) in [5, 5.41) is -5.10. The summed E-state index contributed by atoms with van der Waals surface area (Å²) in [5.41, 5.74) is -16.6. The Labute approximate surface area is 382 Å². The molecule has 1 aliphatic carbocycles. The van der Waals surface area contributed by atoms with Gasteiger partial charge in [-0.05, 0) is 134 Å². The minimum Gasteiger partial charge on any atom is -0.0622 e. The smallest absolute Gasteiger partial charge is 0.0622 e. The highest BCUT2D eigenvalue weighted by atomic mass is 14.4. The quantitative estimate of drug-likeness (QED) is 0.153. The van der Waals surface area contributed by atoms with Gasteiger partial charge in [0.05, 0.1) is 54.8 Å². The first-order valence-corrected chi connectivity index (χ1v) is 17.0. The molecular weight excluding hydrogens is 685 g/mol. The number of rotatable bonds is 5. The average Bonchev–Trinajstić information content (AvgIpc) is 0.679. The van der Waals surface area contributed by atoms with Gasteiger partial charge in [-0.25, -0.2) is 0 Å². The first kappa shape index (κ1) is 12.6. The lowest BCUT2D eigenvalue weighted by atomic mass is 9.59. The Hall–Kier alpha value is -7.28. The fourth-order valence-corrected chi connectivity index (χ4v) is 7.53. The Balaban J connectivity index is 1.42. The summed E-state index contributed by atoms with van der Waals surface area (Å²) >= 11 is 0. The Bertz CT molecular complexity index is 5270. The lowest BCUT2D eigenvalue weighted by Gasteiger charge is -2.42. The third-order valence-corrected chi connectivity index (χ3v) is 9.88. The van der Waals surface area contributed by atoms with Crippen LogP contribution in [0.1, 0.15) is 71.6 Å². The summed E-state index contributed by atoms with van der Waals surface area (Å²) in [5.74, 6) is 0. The van der Waals surface area contributed by atoms with Gasteiger partial charge in [-0.1, -0.05) is 193 Å². The first-order chi connectivity index (χ1) is 43.3. The van der Waals surface area contributed by atoms with Gasteiger partial charge in [0, 0.05) is 0 Å². The largest absolute Gasteiger partial charge is 0.0713 e. The van der Waals surface area contributed by atoms with Gasteiger partial charge in [0.15, 0.2) is 0 Å². The third kappa shape index (κ3) is 4.68. The Morgan fingerprint density at radius 1 is 0.281 bits per heavy atom. The van der Waals surface area contributed by atoms with E-state index in [4.69, 9.17) is 19.2 Å².